The normalized spacial score (nSPS) is 25.8. The fourth-order valence-electron chi connectivity index (χ4n) is 2.24. The number of ether oxygens (including phenoxy) is 1. The van der Waals surface area contributed by atoms with E-state index in [0.29, 0.717) is 32.0 Å². The number of carboxylic acid groups (broad SMARTS) is 1. The summed E-state index contributed by atoms with van der Waals surface area (Å²) in [5.41, 5.74) is -0.748. The maximum Gasteiger partial charge on any atom is 0.323 e. The minimum absolute atomic E-state index is 0.126. The van der Waals surface area contributed by atoms with Crippen LogP contribution >= 0.6 is 0 Å². The van der Waals surface area contributed by atoms with Gasteiger partial charge in [0.25, 0.3) is 0 Å². The SMILES string of the molecule is CC(C)CCC(C)(C(=O)O)N1CCOC(C)C1. The van der Waals surface area contributed by atoms with E-state index in [1.165, 1.54) is 0 Å². The lowest BCUT2D eigenvalue weighted by molar-refractivity contribution is -0.156. The minimum atomic E-state index is -0.748. The molecule has 2 unspecified atom stereocenters. The van der Waals surface area contributed by atoms with Gasteiger partial charge in [-0.15, -0.1) is 0 Å². The quantitative estimate of drug-likeness (QED) is 0.802. The van der Waals surface area contributed by atoms with Crippen LogP contribution in [0.2, 0.25) is 0 Å². The van der Waals surface area contributed by atoms with Gasteiger partial charge in [0.1, 0.15) is 5.54 Å². The zero-order valence-electron chi connectivity index (χ0n) is 11.4. The Morgan fingerprint density at radius 1 is 1.59 bits per heavy atom. The third-order valence-electron chi connectivity index (χ3n) is 3.61. The average molecular weight is 243 g/mol. The van der Waals surface area contributed by atoms with Crippen LogP contribution < -0.4 is 0 Å². The first-order valence-electron chi connectivity index (χ1n) is 6.46. The number of carbonyl (C=O) groups is 1. The number of hydrogen-bond acceptors (Lipinski definition) is 3. The van der Waals surface area contributed by atoms with E-state index < -0.39 is 11.5 Å². The average Bonchev–Trinajstić information content (AvgIpc) is 2.25. The van der Waals surface area contributed by atoms with E-state index in [1.807, 2.05) is 13.8 Å². The van der Waals surface area contributed by atoms with E-state index in [4.69, 9.17) is 4.74 Å². The monoisotopic (exact) mass is 243 g/mol. The molecule has 1 aliphatic heterocycles. The lowest BCUT2D eigenvalue weighted by Gasteiger charge is -2.42. The molecule has 1 aliphatic rings. The largest absolute Gasteiger partial charge is 0.480 e. The molecule has 1 rings (SSSR count). The van der Waals surface area contributed by atoms with E-state index in [1.54, 1.807) is 0 Å². The van der Waals surface area contributed by atoms with Crippen LogP contribution in [0.15, 0.2) is 0 Å². The summed E-state index contributed by atoms with van der Waals surface area (Å²) in [6.07, 6.45) is 1.77. The van der Waals surface area contributed by atoms with Crippen molar-refractivity contribution < 1.29 is 14.6 Å². The second-order valence-corrected chi connectivity index (χ2v) is 5.64. The second-order valence-electron chi connectivity index (χ2n) is 5.64. The highest BCUT2D eigenvalue weighted by atomic mass is 16.5. The topological polar surface area (TPSA) is 49.8 Å². The molecule has 0 spiro atoms. The Morgan fingerprint density at radius 2 is 2.24 bits per heavy atom. The Balaban J connectivity index is 2.72. The molecule has 0 amide bonds. The highest BCUT2D eigenvalue weighted by Gasteiger charge is 2.40. The van der Waals surface area contributed by atoms with Crippen LogP contribution in [-0.2, 0) is 9.53 Å². The summed E-state index contributed by atoms with van der Waals surface area (Å²) in [4.78, 5) is 13.6. The van der Waals surface area contributed by atoms with Crippen molar-refractivity contribution in [3.63, 3.8) is 0 Å². The van der Waals surface area contributed by atoms with Gasteiger partial charge in [-0.1, -0.05) is 13.8 Å². The van der Waals surface area contributed by atoms with E-state index in [-0.39, 0.29) is 6.10 Å². The van der Waals surface area contributed by atoms with E-state index in [9.17, 15) is 9.90 Å². The van der Waals surface area contributed by atoms with Gasteiger partial charge in [-0.05, 0) is 32.6 Å². The molecule has 0 aromatic rings. The molecule has 4 nitrogen and oxygen atoms in total. The molecular weight excluding hydrogens is 218 g/mol. The maximum atomic E-state index is 11.6. The zero-order valence-corrected chi connectivity index (χ0v) is 11.4. The smallest absolute Gasteiger partial charge is 0.323 e. The summed E-state index contributed by atoms with van der Waals surface area (Å²) in [6.45, 7) is 10.2. The van der Waals surface area contributed by atoms with Crippen LogP contribution in [0.5, 0.6) is 0 Å². The number of rotatable bonds is 5. The fourth-order valence-corrected chi connectivity index (χ4v) is 2.24. The molecule has 4 heteroatoms. The summed E-state index contributed by atoms with van der Waals surface area (Å²) >= 11 is 0. The number of hydrogen-bond donors (Lipinski definition) is 1. The highest BCUT2D eigenvalue weighted by Crippen LogP contribution is 2.26. The molecule has 0 aromatic heterocycles. The zero-order chi connectivity index (χ0) is 13.1. The maximum absolute atomic E-state index is 11.6. The molecule has 1 N–H and O–H groups in total. The molecular formula is C13H25NO3. The molecule has 0 aromatic carbocycles. The predicted octanol–water partition coefficient (Wildman–Crippen LogP) is 1.99. The van der Waals surface area contributed by atoms with Crippen molar-refractivity contribution in [2.75, 3.05) is 19.7 Å². The molecule has 17 heavy (non-hydrogen) atoms. The van der Waals surface area contributed by atoms with Gasteiger partial charge in [0.15, 0.2) is 0 Å². The number of nitrogens with zero attached hydrogens (tertiary/aromatic N) is 1. The summed E-state index contributed by atoms with van der Waals surface area (Å²) in [5, 5.41) is 9.50. The fraction of sp³-hybridized carbons (Fsp3) is 0.923. The van der Waals surface area contributed by atoms with Crippen molar-refractivity contribution in [3.8, 4) is 0 Å². The number of aliphatic carboxylic acids is 1. The van der Waals surface area contributed by atoms with E-state index in [0.717, 1.165) is 6.42 Å². The standard InChI is InChI=1S/C13H25NO3/c1-10(2)5-6-13(4,12(15)16)14-7-8-17-11(3)9-14/h10-11H,5-9H2,1-4H3,(H,15,16). The number of morpholine rings is 1. The van der Waals surface area contributed by atoms with E-state index >= 15 is 0 Å². The lowest BCUT2D eigenvalue weighted by Crippen LogP contribution is -2.58. The minimum Gasteiger partial charge on any atom is -0.480 e. The van der Waals surface area contributed by atoms with Crippen LogP contribution in [-0.4, -0.2) is 47.3 Å². The van der Waals surface area contributed by atoms with Crippen molar-refractivity contribution >= 4 is 5.97 Å². The second kappa shape index (κ2) is 5.83. The Bertz CT molecular complexity index is 267. The molecule has 0 saturated carbocycles. The Morgan fingerprint density at radius 3 is 2.71 bits per heavy atom. The molecule has 0 radical (unpaired) electrons. The third kappa shape index (κ3) is 3.68. The molecule has 100 valence electrons. The van der Waals surface area contributed by atoms with Crippen molar-refractivity contribution in [3.05, 3.63) is 0 Å². The van der Waals surface area contributed by atoms with Crippen LogP contribution in [0.25, 0.3) is 0 Å². The Kier molecular flexibility index (Phi) is 4.95. The van der Waals surface area contributed by atoms with Gasteiger partial charge in [0, 0.05) is 13.1 Å². The molecule has 0 aliphatic carbocycles. The molecule has 1 heterocycles. The first-order chi connectivity index (χ1) is 7.86. The van der Waals surface area contributed by atoms with Gasteiger partial charge in [0.2, 0.25) is 0 Å². The van der Waals surface area contributed by atoms with Crippen LogP contribution in [0, 0.1) is 5.92 Å². The lowest BCUT2D eigenvalue weighted by atomic mass is 9.89. The van der Waals surface area contributed by atoms with Crippen LogP contribution in [0.3, 0.4) is 0 Å². The number of carboxylic acids is 1. The summed E-state index contributed by atoms with van der Waals surface area (Å²) < 4.78 is 5.47. The van der Waals surface area contributed by atoms with Gasteiger partial charge in [-0.2, -0.15) is 0 Å². The van der Waals surface area contributed by atoms with E-state index in [2.05, 4.69) is 18.7 Å². The molecule has 1 fully saturated rings. The molecule has 2 atom stereocenters. The summed E-state index contributed by atoms with van der Waals surface area (Å²) in [7, 11) is 0. The molecule has 0 bridgehead atoms. The highest BCUT2D eigenvalue weighted by molar-refractivity contribution is 5.78. The molecule has 1 saturated heterocycles. The van der Waals surface area contributed by atoms with Gasteiger partial charge in [-0.25, -0.2) is 0 Å². The van der Waals surface area contributed by atoms with Crippen LogP contribution in [0.4, 0.5) is 0 Å². The predicted molar refractivity (Wildman–Crippen MR) is 67.1 cm³/mol. The van der Waals surface area contributed by atoms with Gasteiger partial charge < -0.3 is 9.84 Å². The van der Waals surface area contributed by atoms with Crippen molar-refractivity contribution in [2.24, 2.45) is 5.92 Å². The van der Waals surface area contributed by atoms with Gasteiger partial charge >= 0.3 is 5.97 Å². The van der Waals surface area contributed by atoms with Crippen molar-refractivity contribution in [2.45, 2.75) is 52.2 Å². The van der Waals surface area contributed by atoms with Crippen molar-refractivity contribution in [1.82, 2.24) is 4.90 Å². The Hall–Kier alpha value is -0.610. The van der Waals surface area contributed by atoms with Crippen LogP contribution in [0.1, 0.15) is 40.5 Å². The Labute approximate surface area is 104 Å². The van der Waals surface area contributed by atoms with Gasteiger partial charge in [0.05, 0.1) is 12.7 Å². The summed E-state index contributed by atoms with van der Waals surface area (Å²) in [5.74, 6) is -0.181. The first-order valence-corrected chi connectivity index (χ1v) is 6.46. The van der Waals surface area contributed by atoms with Crippen molar-refractivity contribution in [1.29, 1.82) is 0 Å². The first kappa shape index (κ1) is 14.5. The van der Waals surface area contributed by atoms with Gasteiger partial charge in [-0.3, -0.25) is 9.69 Å². The summed E-state index contributed by atoms with van der Waals surface area (Å²) in [6, 6.07) is 0. The third-order valence-corrected chi connectivity index (χ3v) is 3.61.